The molecule has 0 bridgehead atoms. The molecule has 0 aliphatic carbocycles. The van der Waals surface area contributed by atoms with E-state index in [4.69, 9.17) is 4.52 Å². The van der Waals surface area contributed by atoms with Gasteiger partial charge in [0, 0.05) is 31.5 Å². The largest absolute Gasteiger partial charge is 0.352 e. The monoisotopic (exact) mass is 346 g/mol. The predicted molar refractivity (Wildman–Crippen MR) is 91.7 cm³/mol. The summed E-state index contributed by atoms with van der Waals surface area (Å²) < 4.78 is 5.25. The molecule has 4 rings (SSSR count). The van der Waals surface area contributed by atoms with Gasteiger partial charge < -0.3 is 9.84 Å². The van der Waals surface area contributed by atoms with Crippen molar-refractivity contribution in [1.82, 2.24) is 20.4 Å². The van der Waals surface area contributed by atoms with Gasteiger partial charge in [0.25, 0.3) is 0 Å². The first kappa shape index (κ1) is 15.8. The van der Waals surface area contributed by atoms with Crippen LogP contribution < -0.4 is 5.32 Å². The highest BCUT2D eigenvalue weighted by Gasteiger charge is 2.36. The van der Waals surface area contributed by atoms with Gasteiger partial charge in [-0.25, -0.2) is 0 Å². The van der Waals surface area contributed by atoms with Crippen molar-refractivity contribution in [2.75, 3.05) is 13.1 Å². The van der Waals surface area contributed by atoms with Gasteiger partial charge in [0.05, 0.1) is 4.88 Å². The van der Waals surface area contributed by atoms with Gasteiger partial charge in [0.2, 0.25) is 17.6 Å². The van der Waals surface area contributed by atoms with Crippen molar-refractivity contribution in [3.8, 4) is 10.7 Å². The number of hydrogen-bond acceptors (Lipinski definition) is 6. The standard InChI is InChI=1S/C17H22N4O2S/c22-15(18-12-8-10-21-9-2-1-4-13(12)21)6-7-16-19-17(20-23-16)14-5-3-11-24-14/h3,5,11-13H,1-2,4,6-10H2,(H,18,22)/t12-,13-/m1/s1. The van der Waals surface area contributed by atoms with Crippen LogP contribution in [0.2, 0.25) is 0 Å². The fourth-order valence-electron chi connectivity index (χ4n) is 3.78. The van der Waals surface area contributed by atoms with Crippen molar-refractivity contribution in [1.29, 1.82) is 0 Å². The summed E-state index contributed by atoms with van der Waals surface area (Å²) in [4.78, 5) is 20.1. The molecule has 0 radical (unpaired) electrons. The van der Waals surface area contributed by atoms with E-state index >= 15 is 0 Å². The number of fused-ring (bicyclic) bond motifs is 1. The molecule has 7 heteroatoms. The lowest BCUT2D eigenvalue weighted by atomic mass is 9.99. The third-order valence-electron chi connectivity index (χ3n) is 4.98. The summed E-state index contributed by atoms with van der Waals surface area (Å²) in [6.07, 6.45) is 5.74. The summed E-state index contributed by atoms with van der Waals surface area (Å²) in [5.41, 5.74) is 0. The minimum atomic E-state index is 0.0864. The van der Waals surface area contributed by atoms with E-state index in [2.05, 4.69) is 20.4 Å². The molecule has 6 nitrogen and oxygen atoms in total. The number of nitrogens with one attached hydrogen (secondary N) is 1. The van der Waals surface area contributed by atoms with Crippen LogP contribution in [0.4, 0.5) is 0 Å². The van der Waals surface area contributed by atoms with Crippen LogP contribution in [-0.4, -0.2) is 46.1 Å². The van der Waals surface area contributed by atoms with E-state index in [9.17, 15) is 4.79 Å². The lowest BCUT2D eigenvalue weighted by molar-refractivity contribution is -0.122. The van der Waals surface area contributed by atoms with E-state index in [1.807, 2.05) is 17.5 Å². The van der Waals surface area contributed by atoms with Gasteiger partial charge in [-0.05, 0) is 37.3 Å². The van der Waals surface area contributed by atoms with Crippen LogP contribution in [0.15, 0.2) is 22.0 Å². The summed E-state index contributed by atoms with van der Waals surface area (Å²) in [6, 6.07) is 4.76. The van der Waals surface area contributed by atoms with Crippen molar-refractivity contribution in [3.63, 3.8) is 0 Å². The zero-order chi connectivity index (χ0) is 16.4. The number of nitrogens with zero attached hydrogens (tertiary/aromatic N) is 3. The molecule has 0 aromatic carbocycles. The molecule has 0 spiro atoms. The Morgan fingerprint density at radius 3 is 3.21 bits per heavy atom. The normalized spacial score (nSPS) is 24.0. The molecular formula is C17H22N4O2S. The van der Waals surface area contributed by atoms with Crippen LogP contribution in [0.5, 0.6) is 0 Å². The van der Waals surface area contributed by atoms with Crippen LogP contribution >= 0.6 is 11.3 Å². The Morgan fingerprint density at radius 1 is 1.38 bits per heavy atom. The van der Waals surface area contributed by atoms with E-state index in [1.165, 1.54) is 25.8 Å². The molecule has 2 atom stereocenters. The topological polar surface area (TPSA) is 71.3 Å². The first-order valence-corrected chi connectivity index (χ1v) is 9.57. The third kappa shape index (κ3) is 3.37. The molecule has 4 heterocycles. The molecule has 24 heavy (non-hydrogen) atoms. The minimum Gasteiger partial charge on any atom is -0.352 e. The second kappa shape index (κ2) is 7.03. The molecule has 2 aliphatic rings. The summed E-state index contributed by atoms with van der Waals surface area (Å²) in [5, 5.41) is 9.18. The SMILES string of the molecule is O=C(CCc1nc(-c2cccs2)no1)N[C@@H]1CCN2CCCC[C@H]12. The van der Waals surface area contributed by atoms with Crippen LogP contribution in [0.3, 0.4) is 0 Å². The summed E-state index contributed by atoms with van der Waals surface area (Å²) in [6.45, 7) is 2.30. The number of piperidine rings is 1. The molecule has 1 amide bonds. The number of thiophene rings is 1. The number of aryl methyl sites for hydroxylation is 1. The summed E-state index contributed by atoms with van der Waals surface area (Å²) >= 11 is 1.58. The average molecular weight is 346 g/mol. The third-order valence-corrected chi connectivity index (χ3v) is 5.84. The number of aromatic nitrogens is 2. The average Bonchev–Trinajstić information content (AvgIpc) is 3.34. The van der Waals surface area contributed by atoms with Crippen LogP contribution in [0.1, 0.15) is 38.0 Å². The van der Waals surface area contributed by atoms with Gasteiger partial charge in [-0.1, -0.05) is 17.6 Å². The fraction of sp³-hybridized carbons (Fsp3) is 0.588. The van der Waals surface area contributed by atoms with E-state index in [1.54, 1.807) is 11.3 Å². The molecule has 0 unspecified atom stereocenters. The molecule has 2 aromatic heterocycles. The smallest absolute Gasteiger partial charge is 0.227 e. The van der Waals surface area contributed by atoms with Gasteiger partial charge >= 0.3 is 0 Å². The zero-order valence-electron chi connectivity index (χ0n) is 13.6. The Labute approximate surface area is 145 Å². The Hall–Kier alpha value is -1.73. The maximum atomic E-state index is 12.3. The second-order valence-electron chi connectivity index (χ2n) is 6.55. The molecular weight excluding hydrogens is 324 g/mol. The second-order valence-corrected chi connectivity index (χ2v) is 7.50. The first-order valence-electron chi connectivity index (χ1n) is 8.69. The number of carbonyl (C=O) groups excluding carboxylic acids is 1. The molecule has 2 saturated heterocycles. The van der Waals surface area contributed by atoms with E-state index < -0.39 is 0 Å². The van der Waals surface area contributed by atoms with Gasteiger partial charge in [-0.2, -0.15) is 4.98 Å². The highest BCUT2D eigenvalue weighted by Crippen LogP contribution is 2.27. The van der Waals surface area contributed by atoms with E-state index in [0.29, 0.717) is 36.6 Å². The highest BCUT2D eigenvalue weighted by molar-refractivity contribution is 7.13. The maximum Gasteiger partial charge on any atom is 0.227 e. The predicted octanol–water partition coefficient (Wildman–Crippen LogP) is 2.47. The molecule has 1 N–H and O–H groups in total. The van der Waals surface area contributed by atoms with Gasteiger partial charge in [0.15, 0.2) is 0 Å². The molecule has 2 aromatic rings. The molecule has 2 fully saturated rings. The van der Waals surface area contributed by atoms with Crippen molar-refractivity contribution in [2.24, 2.45) is 0 Å². The van der Waals surface area contributed by atoms with Crippen LogP contribution in [0.25, 0.3) is 10.7 Å². The van der Waals surface area contributed by atoms with Crippen LogP contribution in [0, 0.1) is 0 Å². The van der Waals surface area contributed by atoms with Gasteiger partial charge in [-0.3, -0.25) is 9.69 Å². The lowest BCUT2D eigenvalue weighted by Gasteiger charge is -2.32. The number of carbonyl (C=O) groups is 1. The maximum absolute atomic E-state index is 12.3. The van der Waals surface area contributed by atoms with Crippen molar-refractivity contribution in [2.45, 2.75) is 50.6 Å². The minimum absolute atomic E-state index is 0.0864. The number of hydrogen-bond donors (Lipinski definition) is 1. The Morgan fingerprint density at radius 2 is 2.33 bits per heavy atom. The van der Waals surface area contributed by atoms with Gasteiger partial charge in [0.1, 0.15) is 0 Å². The lowest BCUT2D eigenvalue weighted by Crippen LogP contribution is -2.46. The molecule has 2 aliphatic heterocycles. The molecule has 128 valence electrons. The van der Waals surface area contributed by atoms with E-state index in [-0.39, 0.29) is 5.91 Å². The van der Waals surface area contributed by atoms with E-state index in [0.717, 1.165) is 17.8 Å². The Bertz CT molecular complexity index is 685. The van der Waals surface area contributed by atoms with Crippen molar-refractivity contribution < 1.29 is 9.32 Å². The van der Waals surface area contributed by atoms with Gasteiger partial charge in [-0.15, -0.1) is 11.3 Å². The fourth-order valence-corrected chi connectivity index (χ4v) is 4.43. The number of amides is 1. The highest BCUT2D eigenvalue weighted by atomic mass is 32.1. The van der Waals surface area contributed by atoms with Crippen molar-refractivity contribution in [3.05, 3.63) is 23.4 Å². The quantitative estimate of drug-likeness (QED) is 0.900. The van der Waals surface area contributed by atoms with Crippen molar-refractivity contribution >= 4 is 17.2 Å². The first-order chi connectivity index (χ1) is 11.8. The Kier molecular flexibility index (Phi) is 4.62. The number of rotatable bonds is 5. The summed E-state index contributed by atoms with van der Waals surface area (Å²) in [5.74, 6) is 1.22. The van der Waals surface area contributed by atoms with Crippen LogP contribution in [-0.2, 0) is 11.2 Å². The zero-order valence-corrected chi connectivity index (χ0v) is 14.4. The molecule has 0 saturated carbocycles. The Balaban J connectivity index is 1.28. The summed E-state index contributed by atoms with van der Waals surface area (Å²) in [7, 11) is 0.